The predicted octanol–water partition coefficient (Wildman–Crippen LogP) is 4.29. The van der Waals surface area contributed by atoms with Crippen molar-refractivity contribution in [2.24, 2.45) is 0 Å². The van der Waals surface area contributed by atoms with Crippen LogP contribution in [-0.4, -0.2) is 20.5 Å². The molecule has 0 heterocycles. The van der Waals surface area contributed by atoms with Crippen molar-refractivity contribution in [3.05, 3.63) is 35.4 Å². The Bertz CT molecular complexity index is 371. The highest BCUT2D eigenvalue weighted by Gasteiger charge is 2.14. The molecule has 0 saturated heterocycles. The summed E-state index contributed by atoms with van der Waals surface area (Å²) in [5.41, 5.74) is 3.01. The van der Waals surface area contributed by atoms with Crippen molar-refractivity contribution in [1.82, 2.24) is 0 Å². The maximum Gasteiger partial charge on any atom is 0.170 e. The van der Waals surface area contributed by atoms with E-state index in [9.17, 15) is 0 Å². The van der Waals surface area contributed by atoms with Crippen molar-refractivity contribution >= 4 is 25.0 Å². The second kappa shape index (κ2) is 6.87. The van der Waals surface area contributed by atoms with Crippen molar-refractivity contribution in [3.8, 4) is 0 Å². The lowest BCUT2D eigenvalue weighted by molar-refractivity contribution is 0.327. The molecule has 0 aromatic heterocycles. The lowest BCUT2D eigenvalue weighted by Crippen LogP contribution is -2.18. The highest BCUT2D eigenvalue weighted by atomic mass is 79.9. The van der Waals surface area contributed by atoms with E-state index in [4.69, 9.17) is 4.43 Å². The van der Waals surface area contributed by atoms with Gasteiger partial charge in [0.05, 0.1) is 0 Å². The monoisotopic (exact) mass is 328 g/mol. The molecular formula is C15H25BrOSi. The summed E-state index contributed by atoms with van der Waals surface area (Å²) in [4.78, 5) is 0.419. The summed E-state index contributed by atoms with van der Waals surface area (Å²) >= 11 is 3.72. The van der Waals surface area contributed by atoms with Gasteiger partial charge >= 0.3 is 0 Å². The summed E-state index contributed by atoms with van der Waals surface area (Å²) < 4.78 is 5.77. The third-order valence-electron chi connectivity index (χ3n) is 2.86. The minimum atomic E-state index is -0.902. The molecule has 0 aliphatic rings. The second-order valence-corrected chi connectivity index (χ2v) is 9.86. The fourth-order valence-electron chi connectivity index (χ4n) is 1.78. The Balaban J connectivity index is 2.62. The molecule has 0 N–H and O–H groups in total. The highest BCUT2D eigenvalue weighted by molar-refractivity contribution is 9.09. The Hall–Kier alpha value is -0.123. The Kier molecular flexibility index (Phi) is 6.08. The molecule has 1 nitrogen and oxygen atoms in total. The van der Waals surface area contributed by atoms with Crippen LogP contribution in [0.15, 0.2) is 24.3 Å². The topological polar surface area (TPSA) is 9.23 Å². The Morgan fingerprint density at radius 2 is 1.94 bits per heavy atom. The lowest BCUT2D eigenvalue weighted by atomic mass is 9.86. The first kappa shape index (κ1) is 15.9. The second-order valence-electron chi connectivity index (χ2n) is 6.13. The van der Waals surface area contributed by atoms with Gasteiger partial charge in [0.25, 0.3) is 0 Å². The minimum absolute atomic E-state index is 0.221. The van der Waals surface area contributed by atoms with Gasteiger partial charge in [-0.15, -0.1) is 0 Å². The number of hydrogen-bond donors (Lipinski definition) is 0. The van der Waals surface area contributed by atoms with Crippen LogP contribution in [0, 0.1) is 0 Å². The summed E-state index contributed by atoms with van der Waals surface area (Å²) in [6, 6.07) is 8.90. The molecule has 0 amide bonds. The average molecular weight is 329 g/mol. The molecule has 1 rings (SSSR count). The zero-order valence-corrected chi connectivity index (χ0v) is 14.9. The van der Waals surface area contributed by atoms with Gasteiger partial charge in [0.15, 0.2) is 9.04 Å². The van der Waals surface area contributed by atoms with Crippen LogP contribution in [-0.2, 0) is 16.3 Å². The molecule has 1 aromatic carbocycles. The largest absolute Gasteiger partial charge is 0.419 e. The average Bonchev–Trinajstić information content (AvgIpc) is 2.25. The van der Waals surface area contributed by atoms with Gasteiger partial charge in [-0.05, 0) is 36.1 Å². The predicted molar refractivity (Wildman–Crippen MR) is 86.4 cm³/mol. The van der Waals surface area contributed by atoms with Crippen molar-refractivity contribution in [1.29, 1.82) is 0 Å². The van der Waals surface area contributed by atoms with Crippen LogP contribution in [0.2, 0.25) is 13.1 Å². The molecule has 0 bridgehead atoms. The van der Waals surface area contributed by atoms with Crippen molar-refractivity contribution < 1.29 is 4.43 Å². The van der Waals surface area contributed by atoms with Crippen LogP contribution in [0.25, 0.3) is 0 Å². The molecule has 0 spiro atoms. The summed E-state index contributed by atoms with van der Waals surface area (Å²) in [7, 11) is -0.902. The van der Waals surface area contributed by atoms with E-state index >= 15 is 0 Å². The third kappa shape index (κ3) is 5.68. The first-order valence-electron chi connectivity index (χ1n) is 6.64. The fourth-order valence-corrected chi connectivity index (χ4v) is 3.20. The first-order valence-corrected chi connectivity index (χ1v) is 10.3. The van der Waals surface area contributed by atoms with Gasteiger partial charge in [-0.25, -0.2) is 0 Å². The van der Waals surface area contributed by atoms with Crippen molar-refractivity contribution in [2.75, 3.05) is 6.61 Å². The zero-order valence-electron chi connectivity index (χ0n) is 12.2. The van der Waals surface area contributed by atoms with Crippen LogP contribution < -0.4 is 0 Å². The van der Waals surface area contributed by atoms with E-state index in [0.29, 0.717) is 4.83 Å². The molecular weight excluding hydrogens is 304 g/mol. The molecule has 0 saturated carbocycles. The van der Waals surface area contributed by atoms with E-state index in [2.05, 4.69) is 74.1 Å². The molecule has 0 fully saturated rings. The Morgan fingerprint density at radius 3 is 2.50 bits per heavy atom. The maximum atomic E-state index is 5.77. The van der Waals surface area contributed by atoms with Crippen LogP contribution in [0.5, 0.6) is 0 Å². The number of rotatable bonds is 5. The molecule has 0 aliphatic carbocycles. The molecule has 102 valence electrons. The molecule has 1 unspecified atom stereocenters. The van der Waals surface area contributed by atoms with Gasteiger partial charge in [0.1, 0.15) is 0 Å². The minimum Gasteiger partial charge on any atom is -0.419 e. The number of halogens is 1. The summed E-state index contributed by atoms with van der Waals surface area (Å²) in [6.45, 7) is 12.0. The van der Waals surface area contributed by atoms with Crippen LogP contribution in [0.4, 0.5) is 0 Å². The quantitative estimate of drug-likeness (QED) is 0.578. The van der Waals surface area contributed by atoms with Crippen LogP contribution in [0.1, 0.15) is 31.9 Å². The normalized spacial score (nSPS) is 13.9. The number of benzene rings is 1. The van der Waals surface area contributed by atoms with Crippen molar-refractivity contribution in [2.45, 2.75) is 50.5 Å². The van der Waals surface area contributed by atoms with E-state index in [1.165, 1.54) is 11.1 Å². The van der Waals surface area contributed by atoms with E-state index in [0.717, 1.165) is 13.0 Å². The molecule has 3 heteroatoms. The maximum absolute atomic E-state index is 5.77. The zero-order chi connectivity index (χ0) is 13.8. The highest BCUT2D eigenvalue weighted by Crippen LogP contribution is 2.23. The van der Waals surface area contributed by atoms with Gasteiger partial charge in [0, 0.05) is 11.4 Å². The SMILES string of the molecule is C[SiH](C)OCC(Br)Cc1cccc(C(C)(C)C)c1. The van der Waals surface area contributed by atoms with Gasteiger partial charge < -0.3 is 4.43 Å². The first-order chi connectivity index (χ1) is 8.29. The summed E-state index contributed by atoms with van der Waals surface area (Å²) in [5, 5.41) is 0. The van der Waals surface area contributed by atoms with Gasteiger partial charge in [-0.3, -0.25) is 0 Å². The molecule has 0 aliphatic heterocycles. The number of hydrogen-bond acceptors (Lipinski definition) is 1. The van der Waals surface area contributed by atoms with Crippen molar-refractivity contribution in [3.63, 3.8) is 0 Å². The van der Waals surface area contributed by atoms with Gasteiger partial charge in [-0.1, -0.05) is 61.0 Å². The molecule has 1 atom stereocenters. The smallest absolute Gasteiger partial charge is 0.170 e. The van der Waals surface area contributed by atoms with Gasteiger partial charge in [-0.2, -0.15) is 0 Å². The van der Waals surface area contributed by atoms with E-state index in [1.54, 1.807) is 0 Å². The van der Waals surface area contributed by atoms with Crippen LogP contribution >= 0.6 is 15.9 Å². The standard InChI is InChI=1S/C15H25BrOSi/c1-15(2,3)13-8-6-7-12(9-13)10-14(16)11-17-18(4)5/h6-9,14,18H,10-11H2,1-5H3. The Morgan fingerprint density at radius 1 is 1.28 bits per heavy atom. The molecule has 18 heavy (non-hydrogen) atoms. The van der Waals surface area contributed by atoms with E-state index < -0.39 is 9.04 Å². The van der Waals surface area contributed by atoms with Gasteiger partial charge in [0.2, 0.25) is 0 Å². The summed E-state index contributed by atoms with van der Waals surface area (Å²) in [6.07, 6.45) is 1.03. The molecule has 0 radical (unpaired) electrons. The number of alkyl halides is 1. The summed E-state index contributed by atoms with van der Waals surface area (Å²) in [5.74, 6) is 0. The third-order valence-corrected chi connectivity index (χ3v) is 4.31. The van der Waals surface area contributed by atoms with Crippen LogP contribution in [0.3, 0.4) is 0 Å². The van der Waals surface area contributed by atoms with E-state index in [-0.39, 0.29) is 5.41 Å². The lowest BCUT2D eigenvalue weighted by Gasteiger charge is -2.20. The Labute approximate surface area is 122 Å². The molecule has 1 aromatic rings. The van der Waals surface area contributed by atoms with E-state index in [1.807, 2.05) is 0 Å². The fraction of sp³-hybridized carbons (Fsp3) is 0.600.